The second-order valence-corrected chi connectivity index (χ2v) is 8.82. The van der Waals surface area contributed by atoms with E-state index in [9.17, 15) is 8.42 Å². The zero-order valence-corrected chi connectivity index (χ0v) is 14.9. The summed E-state index contributed by atoms with van der Waals surface area (Å²) in [7, 11) is -3.50. The molecule has 1 saturated heterocycles. The minimum absolute atomic E-state index is 0.324. The van der Waals surface area contributed by atoms with Gasteiger partial charge < -0.3 is 9.42 Å². The molecular weight excluding hydrogens is 360 g/mol. The number of pyridine rings is 1. The van der Waals surface area contributed by atoms with Gasteiger partial charge in [-0.3, -0.25) is 0 Å². The Balaban J connectivity index is 1.49. The minimum Gasteiger partial charge on any atom is -0.355 e. The van der Waals surface area contributed by atoms with E-state index in [0.29, 0.717) is 36.1 Å². The first-order valence-corrected chi connectivity index (χ1v) is 10.1. The van der Waals surface area contributed by atoms with Crippen LogP contribution >= 0.6 is 11.3 Å². The Hall–Kier alpha value is -2.23. The van der Waals surface area contributed by atoms with Crippen molar-refractivity contribution >= 4 is 27.2 Å². The summed E-state index contributed by atoms with van der Waals surface area (Å²) in [5.74, 6) is 1.45. The molecule has 0 unspecified atom stereocenters. The Bertz CT molecular complexity index is 931. The topological polar surface area (TPSA) is 79.5 Å². The van der Waals surface area contributed by atoms with E-state index in [2.05, 4.69) is 15.0 Å². The highest BCUT2D eigenvalue weighted by Gasteiger charge is 2.30. The predicted octanol–water partition coefficient (Wildman–Crippen LogP) is 2.31. The molecule has 130 valence electrons. The average molecular weight is 376 g/mol. The molecule has 3 aromatic rings. The van der Waals surface area contributed by atoms with Gasteiger partial charge >= 0.3 is 0 Å². The molecule has 0 amide bonds. The molecular formula is C16H16N4O3S2. The zero-order chi connectivity index (χ0) is 17.3. The Kier molecular flexibility index (Phi) is 4.28. The third kappa shape index (κ3) is 3.17. The lowest BCUT2D eigenvalue weighted by molar-refractivity contribution is 0.385. The molecule has 7 nitrogen and oxygen atoms in total. The van der Waals surface area contributed by atoms with Gasteiger partial charge in [0.05, 0.1) is 11.1 Å². The van der Waals surface area contributed by atoms with Crippen LogP contribution in [0.5, 0.6) is 0 Å². The summed E-state index contributed by atoms with van der Waals surface area (Å²) in [6.07, 6.45) is 3.29. The van der Waals surface area contributed by atoms with E-state index in [4.69, 9.17) is 4.52 Å². The average Bonchev–Trinajstić information content (AvgIpc) is 3.34. The molecule has 0 aromatic carbocycles. The summed E-state index contributed by atoms with van der Waals surface area (Å²) < 4.78 is 32.7. The van der Waals surface area contributed by atoms with Crippen molar-refractivity contribution in [3.05, 3.63) is 48.8 Å². The molecule has 0 atom stereocenters. The Labute approximate surface area is 149 Å². The number of nitrogens with zero attached hydrogens (tertiary/aromatic N) is 4. The molecule has 0 N–H and O–H groups in total. The van der Waals surface area contributed by atoms with E-state index in [0.717, 1.165) is 10.7 Å². The van der Waals surface area contributed by atoms with Gasteiger partial charge in [-0.15, -0.1) is 11.3 Å². The normalized spacial score (nSPS) is 16.2. The maximum Gasteiger partial charge on any atom is 0.252 e. The molecule has 0 aliphatic carbocycles. The maximum absolute atomic E-state index is 12.9. The second-order valence-electron chi connectivity index (χ2n) is 5.57. The van der Waals surface area contributed by atoms with Gasteiger partial charge in [0.25, 0.3) is 10.0 Å². The van der Waals surface area contributed by atoms with Crippen LogP contribution in [0.4, 0.5) is 5.82 Å². The van der Waals surface area contributed by atoms with Gasteiger partial charge in [0.15, 0.2) is 5.76 Å². The van der Waals surface area contributed by atoms with Gasteiger partial charge in [-0.2, -0.15) is 4.31 Å². The van der Waals surface area contributed by atoms with Gasteiger partial charge in [0.2, 0.25) is 0 Å². The van der Waals surface area contributed by atoms with E-state index >= 15 is 0 Å². The molecule has 4 heterocycles. The van der Waals surface area contributed by atoms with Crippen LogP contribution in [-0.2, 0) is 10.0 Å². The second kappa shape index (κ2) is 6.58. The number of piperazine rings is 1. The van der Waals surface area contributed by atoms with Crippen LogP contribution in [0, 0.1) is 0 Å². The van der Waals surface area contributed by atoms with Crippen LogP contribution in [0.2, 0.25) is 0 Å². The van der Waals surface area contributed by atoms with Crippen LogP contribution in [0.25, 0.3) is 10.6 Å². The van der Waals surface area contributed by atoms with Gasteiger partial charge in [-0.05, 0) is 24.3 Å². The molecule has 0 radical (unpaired) electrons. The molecule has 0 saturated carbocycles. The number of thiophene rings is 1. The lowest BCUT2D eigenvalue weighted by Crippen LogP contribution is -2.48. The number of hydrogen-bond donors (Lipinski definition) is 0. The number of sulfonamides is 1. The molecule has 0 bridgehead atoms. The number of anilines is 1. The van der Waals surface area contributed by atoms with Crippen LogP contribution in [-0.4, -0.2) is 49.0 Å². The molecule has 3 aromatic heterocycles. The van der Waals surface area contributed by atoms with Gasteiger partial charge in [0, 0.05) is 38.4 Å². The number of aromatic nitrogens is 2. The van der Waals surface area contributed by atoms with Crippen LogP contribution < -0.4 is 4.90 Å². The quantitative estimate of drug-likeness (QED) is 0.695. The molecule has 1 aliphatic rings. The summed E-state index contributed by atoms with van der Waals surface area (Å²) in [4.78, 5) is 7.17. The van der Waals surface area contributed by atoms with Crippen molar-refractivity contribution in [3.8, 4) is 10.6 Å². The van der Waals surface area contributed by atoms with Crippen molar-refractivity contribution in [3.63, 3.8) is 0 Å². The fourth-order valence-corrected chi connectivity index (χ4v) is 5.60. The van der Waals surface area contributed by atoms with E-state index in [1.165, 1.54) is 15.6 Å². The van der Waals surface area contributed by atoms with Gasteiger partial charge in [-0.1, -0.05) is 11.2 Å². The zero-order valence-electron chi connectivity index (χ0n) is 13.3. The van der Waals surface area contributed by atoms with E-state index in [1.54, 1.807) is 30.6 Å². The van der Waals surface area contributed by atoms with E-state index < -0.39 is 10.0 Å². The highest BCUT2D eigenvalue weighted by molar-refractivity contribution is 7.91. The molecule has 1 aliphatic heterocycles. The highest BCUT2D eigenvalue weighted by atomic mass is 32.2. The fraction of sp³-hybridized carbons (Fsp3) is 0.250. The van der Waals surface area contributed by atoms with E-state index in [-0.39, 0.29) is 0 Å². The van der Waals surface area contributed by atoms with Crippen LogP contribution in [0.1, 0.15) is 0 Å². The first-order valence-electron chi connectivity index (χ1n) is 7.81. The van der Waals surface area contributed by atoms with Gasteiger partial charge in [-0.25, -0.2) is 13.4 Å². The first-order chi connectivity index (χ1) is 12.1. The third-order valence-corrected chi connectivity index (χ3v) is 7.53. The van der Waals surface area contributed by atoms with E-state index in [1.807, 2.05) is 18.2 Å². The molecule has 4 rings (SSSR count). The van der Waals surface area contributed by atoms with Crippen molar-refractivity contribution in [2.75, 3.05) is 31.1 Å². The Morgan fingerprint density at radius 2 is 1.84 bits per heavy atom. The SMILES string of the molecule is O=S(=O)(c1ccc(-c2ccno2)s1)N1CCN(c2ccccn2)CC1. The lowest BCUT2D eigenvalue weighted by atomic mass is 10.3. The monoisotopic (exact) mass is 376 g/mol. The van der Waals surface area contributed by atoms with Crippen molar-refractivity contribution in [1.82, 2.24) is 14.4 Å². The molecule has 25 heavy (non-hydrogen) atoms. The summed E-state index contributed by atoms with van der Waals surface area (Å²) >= 11 is 1.20. The van der Waals surface area contributed by atoms with Crippen molar-refractivity contribution in [2.24, 2.45) is 0 Å². The Morgan fingerprint density at radius 3 is 2.52 bits per heavy atom. The smallest absolute Gasteiger partial charge is 0.252 e. The highest BCUT2D eigenvalue weighted by Crippen LogP contribution is 2.32. The standard InChI is InChI=1S/C16H16N4O3S2/c21-25(22,16-5-4-14(24-16)13-6-8-18-23-13)20-11-9-19(10-12-20)15-3-1-2-7-17-15/h1-8H,9-12H2. The van der Waals surface area contributed by atoms with Crippen LogP contribution in [0.15, 0.2) is 57.5 Å². The first kappa shape index (κ1) is 16.2. The summed E-state index contributed by atoms with van der Waals surface area (Å²) in [6, 6.07) is 10.8. The van der Waals surface area contributed by atoms with Crippen molar-refractivity contribution in [1.29, 1.82) is 0 Å². The van der Waals surface area contributed by atoms with Crippen molar-refractivity contribution in [2.45, 2.75) is 4.21 Å². The number of rotatable bonds is 4. The largest absolute Gasteiger partial charge is 0.355 e. The molecule has 1 fully saturated rings. The fourth-order valence-electron chi connectivity index (χ4n) is 2.76. The predicted molar refractivity (Wildman–Crippen MR) is 95.0 cm³/mol. The summed E-state index contributed by atoms with van der Waals surface area (Å²) in [6.45, 7) is 2.12. The van der Waals surface area contributed by atoms with Crippen molar-refractivity contribution < 1.29 is 12.9 Å². The summed E-state index contributed by atoms with van der Waals surface area (Å²) in [5, 5.41) is 3.66. The molecule has 0 spiro atoms. The minimum atomic E-state index is -3.50. The van der Waals surface area contributed by atoms with Crippen LogP contribution in [0.3, 0.4) is 0 Å². The summed E-state index contributed by atoms with van der Waals surface area (Å²) in [5.41, 5.74) is 0. The lowest BCUT2D eigenvalue weighted by Gasteiger charge is -2.34. The number of hydrogen-bond acceptors (Lipinski definition) is 7. The Morgan fingerprint density at radius 1 is 1.00 bits per heavy atom. The van der Waals surface area contributed by atoms with Gasteiger partial charge in [0.1, 0.15) is 10.0 Å². The maximum atomic E-state index is 12.9. The third-order valence-electron chi connectivity index (χ3n) is 4.07. The molecule has 9 heteroatoms.